The second kappa shape index (κ2) is 15.1. The van der Waals surface area contributed by atoms with E-state index in [2.05, 4.69) is 32.3 Å². The molecule has 1 saturated carbocycles. The molecule has 0 aromatic heterocycles. The number of hydrogen-bond donors (Lipinski definition) is 5. The van der Waals surface area contributed by atoms with E-state index in [1.54, 1.807) is 6.07 Å². The molecule has 8 atom stereocenters. The van der Waals surface area contributed by atoms with Crippen molar-refractivity contribution in [1.82, 2.24) is 20.4 Å². The lowest BCUT2D eigenvalue weighted by Crippen LogP contribution is -2.55. The average molecular weight is 677 g/mol. The van der Waals surface area contributed by atoms with Crippen molar-refractivity contribution in [2.45, 2.75) is 83.0 Å². The number of rotatable bonds is 5. The molecule has 0 radical (unpaired) electrons. The number of benzene rings is 1. The van der Waals surface area contributed by atoms with E-state index in [0.29, 0.717) is 61.9 Å². The van der Waals surface area contributed by atoms with Crippen LogP contribution < -0.4 is 21.1 Å². The van der Waals surface area contributed by atoms with E-state index in [4.69, 9.17) is 20.2 Å². The number of aliphatic hydroxyl groups is 1. The predicted molar refractivity (Wildman–Crippen MR) is 188 cm³/mol. The molecule has 6 N–H and O–H groups in total. The Balaban J connectivity index is 1.18. The van der Waals surface area contributed by atoms with Crippen LogP contribution in [0.3, 0.4) is 0 Å². The number of phenols is 1. The van der Waals surface area contributed by atoms with Crippen molar-refractivity contribution < 1.29 is 24.5 Å². The first-order valence-electron chi connectivity index (χ1n) is 18.7. The molecule has 4 fully saturated rings. The summed E-state index contributed by atoms with van der Waals surface area (Å²) in [6, 6.07) is 5.52. The summed E-state index contributed by atoms with van der Waals surface area (Å²) in [5.74, 6) is 9.73. The van der Waals surface area contributed by atoms with Crippen molar-refractivity contribution >= 4 is 11.9 Å². The number of guanidine groups is 1. The number of nitrogens with one attached hydrogen (secondary N) is 2. The van der Waals surface area contributed by atoms with Crippen LogP contribution in [-0.2, 0) is 16.0 Å². The quantitative estimate of drug-likeness (QED) is 0.233. The highest BCUT2D eigenvalue weighted by molar-refractivity contribution is 5.77. The highest BCUT2D eigenvalue weighted by Crippen LogP contribution is 2.47. The maximum atomic E-state index is 12.4. The van der Waals surface area contributed by atoms with Gasteiger partial charge in [0.05, 0.1) is 18.2 Å². The van der Waals surface area contributed by atoms with Crippen LogP contribution in [0.1, 0.15) is 63.9 Å². The second-order valence-corrected chi connectivity index (χ2v) is 15.9. The van der Waals surface area contributed by atoms with Crippen LogP contribution in [0.2, 0.25) is 0 Å². The summed E-state index contributed by atoms with van der Waals surface area (Å²) in [5.41, 5.74) is 7.10. The van der Waals surface area contributed by atoms with Crippen molar-refractivity contribution in [1.29, 1.82) is 0 Å². The summed E-state index contributed by atoms with van der Waals surface area (Å²) >= 11 is 0. The maximum absolute atomic E-state index is 12.4. The zero-order chi connectivity index (χ0) is 34.0. The minimum Gasteiger partial charge on any atom is -0.504 e. The summed E-state index contributed by atoms with van der Waals surface area (Å²) < 4.78 is 12.2. The molecular weight excluding hydrogens is 620 g/mol. The number of aromatic hydroxyl groups is 1. The Morgan fingerprint density at radius 3 is 2.63 bits per heavy atom. The Morgan fingerprint density at radius 2 is 1.86 bits per heavy atom. The number of hydrogen-bond acceptors (Lipinski definition) is 11. The van der Waals surface area contributed by atoms with E-state index >= 15 is 0 Å². The summed E-state index contributed by atoms with van der Waals surface area (Å²) in [6.07, 6.45) is 6.16. The highest BCUT2D eigenvalue weighted by Gasteiger charge is 2.47. The minimum atomic E-state index is -0.627. The minimum absolute atomic E-state index is 0.0321. The molecule has 11 heteroatoms. The molecular formula is C38H56N6O5. The number of aliphatic hydroxyl groups excluding tert-OH is 1. The van der Waals surface area contributed by atoms with Crippen molar-refractivity contribution in [2.75, 3.05) is 59.0 Å². The van der Waals surface area contributed by atoms with E-state index in [-0.39, 0.29) is 35.1 Å². The van der Waals surface area contributed by atoms with Crippen LogP contribution in [0.4, 0.5) is 0 Å². The van der Waals surface area contributed by atoms with Crippen LogP contribution in [0.15, 0.2) is 23.2 Å². The van der Waals surface area contributed by atoms with Crippen LogP contribution in [0.25, 0.3) is 0 Å². The normalized spacial score (nSPS) is 38.2. The van der Waals surface area contributed by atoms with Gasteiger partial charge in [-0.15, -0.1) is 5.92 Å². The molecule has 268 valence electrons. The molecule has 2 aliphatic carbocycles. The summed E-state index contributed by atoms with van der Waals surface area (Å²) in [6.45, 7) is 9.85. The molecule has 3 saturated heterocycles. The van der Waals surface area contributed by atoms with Gasteiger partial charge in [0.1, 0.15) is 12.2 Å². The number of phenolic OH excluding ortho intramolecular Hbond substituents is 1. The molecule has 0 unspecified atom stereocenters. The number of carbonyl (C=O) groups excluding carboxylic acids is 1. The molecule has 0 amide bonds. The van der Waals surface area contributed by atoms with Gasteiger partial charge in [-0.1, -0.05) is 12.0 Å². The fourth-order valence-corrected chi connectivity index (χ4v) is 9.84. The average Bonchev–Trinajstić information content (AvgIpc) is 3.08. The zero-order valence-corrected chi connectivity index (χ0v) is 29.1. The van der Waals surface area contributed by atoms with Gasteiger partial charge in [0.2, 0.25) is 0 Å². The predicted octanol–water partition coefficient (Wildman–Crippen LogP) is 2.30. The third kappa shape index (κ3) is 8.30. The Hall–Kier alpha value is -3.04. The zero-order valence-electron chi connectivity index (χ0n) is 29.1. The topological polar surface area (TPSA) is 145 Å². The molecule has 1 aromatic rings. The van der Waals surface area contributed by atoms with Crippen LogP contribution in [0.5, 0.6) is 11.5 Å². The molecule has 1 spiro atoms. The molecule has 8 rings (SSSR count). The Bertz CT molecular complexity index is 1410. The molecule has 7 aliphatic rings. The molecule has 49 heavy (non-hydrogen) atoms. The number of carbonyl (C=O) groups is 1. The van der Waals surface area contributed by atoms with Gasteiger partial charge >= 0.3 is 5.97 Å². The first-order valence-corrected chi connectivity index (χ1v) is 18.7. The summed E-state index contributed by atoms with van der Waals surface area (Å²) in [7, 11) is 0. The fraction of sp³-hybridized carbons (Fsp3) is 0.737. The standard InChI is InChI=1S/C38H56N6O5/c1-25(45)48-35-16-34(47)30-5-6-31-22-43-18-27-13-28(19-43)21-44(20-27)24-42-37(39)41-23-38(31,17-30)10-2-3-29(35)14-26-4-7-33(46)36(15-26)49-32-8-11-40-12-9-32/h4,7,15,27-32,34-35,40,46-47H,3,5-6,8-9,11-14,16-24H2,1H3,(H3,39,41,42)/t27-,28-,29+,30-,31-,34+,35+,38+/m0/s1. The van der Waals surface area contributed by atoms with E-state index in [1.165, 1.54) is 13.3 Å². The van der Waals surface area contributed by atoms with Gasteiger partial charge in [-0.2, -0.15) is 0 Å². The molecule has 1 aromatic carbocycles. The van der Waals surface area contributed by atoms with Gasteiger partial charge in [0, 0.05) is 65.0 Å². The van der Waals surface area contributed by atoms with E-state index < -0.39 is 12.2 Å². The lowest BCUT2D eigenvalue weighted by atomic mass is 9.60. The van der Waals surface area contributed by atoms with Gasteiger partial charge in [0.15, 0.2) is 17.5 Å². The number of ether oxygens (including phenoxy) is 2. The first kappa shape index (κ1) is 34.4. The maximum Gasteiger partial charge on any atom is 0.302 e. The first-order chi connectivity index (χ1) is 23.7. The third-order valence-corrected chi connectivity index (χ3v) is 12.2. The number of nitrogens with zero attached hydrogens (tertiary/aromatic N) is 3. The van der Waals surface area contributed by atoms with Crippen molar-refractivity contribution in [3.63, 3.8) is 0 Å². The van der Waals surface area contributed by atoms with E-state index in [0.717, 1.165) is 83.5 Å². The number of aliphatic imine (C=N–C) groups is 1. The van der Waals surface area contributed by atoms with Crippen LogP contribution in [0, 0.1) is 46.8 Å². The van der Waals surface area contributed by atoms with E-state index in [9.17, 15) is 15.0 Å². The Labute approximate surface area is 291 Å². The number of piperidine rings is 3. The van der Waals surface area contributed by atoms with Gasteiger partial charge in [-0.25, -0.2) is 4.99 Å². The molecule has 5 heterocycles. The van der Waals surface area contributed by atoms with Crippen molar-refractivity contribution in [3.8, 4) is 23.3 Å². The largest absolute Gasteiger partial charge is 0.504 e. The Morgan fingerprint density at radius 1 is 1.08 bits per heavy atom. The van der Waals surface area contributed by atoms with Crippen LogP contribution in [-0.4, -0.2) is 109 Å². The summed E-state index contributed by atoms with van der Waals surface area (Å²) in [5, 5.41) is 29.4. The second-order valence-electron chi connectivity index (χ2n) is 15.9. The lowest BCUT2D eigenvalue weighted by molar-refractivity contribution is -0.151. The van der Waals surface area contributed by atoms with Gasteiger partial charge in [0.25, 0.3) is 0 Å². The monoisotopic (exact) mass is 676 g/mol. The molecule has 11 nitrogen and oxygen atoms in total. The molecule has 6 bridgehead atoms. The lowest BCUT2D eigenvalue weighted by Gasteiger charge is -2.50. The van der Waals surface area contributed by atoms with Crippen molar-refractivity contribution in [2.24, 2.45) is 45.7 Å². The number of nitrogens with two attached hydrogens (primary N) is 1. The number of fused-ring (bicyclic) bond motifs is 4. The van der Waals surface area contributed by atoms with Gasteiger partial charge < -0.3 is 41.0 Å². The van der Waals surface area contributed by atoms with Gasteiger partial charge in [-0.3, -0.25) is 9.69 Å². The fourth-order valence-electron chi connectivity index (χ4n) is 9.84. The van der Waals surface area contributed by atoms with Gasteiger partial charge in [-0.05, 0) is 99.4 Å². The van der Waals surface area contributed by atoms with Crippen LogP contribution >= 0.6 is 0 Å². The molecule has 5 aliphatic heterocycles. The Kier molecular flexibility index (Phi) is 10.6. The van der Waals surface area contributed by atoms with E-state index in [1.807, 2.05) is 12.1 Å². The highest BCUT2D eigenvalue weighted by atomic mass is 16.5. The SMILES string of the molecule is CC(=O)O[C@@H]1C[C@@H](O)[C@H]2CC[C@H]3CN4C[C@@H]5C[C@H](CN(CN=C(N)NC[C@@]3(C#CC[C@@H]1Cc1ccc(O)c(OC3CCNCC3)c1)C2)C5)C4. The van der Waals surface area contributed by atoms with Crippen molar-refractivity contribution in [3.05, 3.63) is 23.8 Å². The summed E-state index contributed by atoms with van der Waals surface area (Å²) in [4.78, 5) is 22.3. The third-order valence-electron chi connectivity index (χ3n) is 12.2. The smallest absolute Gasteiger partial charge is 0.302 e. The number of esters is 1.